The summed E-state index contributed by atoms with van der Waals surface area (Å²) >= 11 is 0. The molecule has 3 aromatic heterocycles. The minimum atomic E-state index is -0.388. The Morgan fingerprint density at radius 2 is 1.90 bits per heavy atom. The van der Waals surface area contributed by atoms with Crippen LogP contribution in [0.2, 0.25) is 0 Å². The summed E-state index contributed by atoms with van der Waals surface area (Å²) in [5.74, 6) is -0.0359. The maximum Gasteiger partial charge on any atom is 0.298 e. The molecule has 4 aromatic rings. The van der Waals surface area contributed by atoms with E-state index in [0.717, 1.165) is 48.2 Å². The summed E-state index contributed by atoms with van der Waals surface area (Å²) in [6.07, 6.45) is 5.12. The van der Waals surface area contributed by atoms with Crippen LogP contribution in [-0.4, -0.2) is 69.0 Å². The predicted molar refractivity (Wildman–Crippen MR) is 116 cm³/mol. The van der Waals surface area contributed by atoms with E-state index in [-0.39, 0.29) is 11.6 Å². The van der Waals surface area contributed by atoms with Crippen molar-refractivity contribution in [3.05, 3.63) is 48.6 Å². The third-order valence-electron chi connectivity index (χ3n) is 5.36. The number of nitrogens with one attached hydrogen (secondary N) is 1. The minimum absolute atomic E-state index is 0.208. The van der Waals surface area contributed by atoms with Crippen LogP contribution in [0.4, 0.5) is 11.8 Å². The van der Waals surface area contributed by atoms with Gasteiger partial charge in [-0.25, -0.2) is 0 Å². The van der Waals surface area contributed by atoms with Gasteiger partial charge in [0, 0.05) is 50.4 Å². The van der Waals surface area contributed by atoms with Crippen LogP contribution in [0.15, 0.2) is 47.3 Å². The number of fused-ring (bicyclic) bond motifs is 1. The van der Waals surface area contributed by atoms with E-state index in [1.807, 2.05) is 36.3 Å². The first-order chi connectivity index (χ1) is 15.0. The highest BCUT2D eigenvalue weighted by molar-refractivity contribution is 6.03. The molecule has 1 aliphatic rings. The Kier molecular flexibility index (Phi) is 4.83. The number of oxazole rings is 1. The van der Waals surface area contributed by atoms with E-state index < -0.39 is 0 Å². The van der Waals surface area contributed by atoms with Crippen LogP contribution >= 0.6 is 0 Å². The maximum atomic E-state index is 12.7. The third kappa shape index (κ3) is 3.97. The Morgan fingerprint density at radius 1 is 1.06 bits per heavy atom. The van der Waals surface area contributed by atoms with Crippen molar-refractivity contribution in [1.82, 2.24) is 29.9 Å². The average Bonchev–Trinajstić information content (AvgIpc) is 3.43. The Labute approximate surface area is 178 Å². The number of hydrogen-bond acceptors (Lipinski definition) is 8. The number of hydrogen-bond donors (Lipinski definition) is 1. The summed E-state index contributed by atoms with van der Waals surface area (Å²) in [7, 11) is 3.96. The number of carbonyl (C=O) groups is 1. The number of rotatable bonds is 4. The van der Waals surface area contributed by atoms with Crippen molar-refractivity contribution >= 4 is 28.6 Å². The van der Waals surface area contributed by atoms with Gasteiger partial charge < -0.3 is 19.5 Å². The number of aromatic nitrogens is 5. The first-order valence-corrected chi connectivity index (χ1v) is 10.0. The first kappa shape index (κ1) is 19.2. The van der Waals surface area contributed by atoms with E-state index in [0.29, 0.717) is 11.8 Å². The van der Waals surface area contributed by atoms with Crippen LogP contribution in [0.1, 0.15) is 10.5 Å². The summed E-state index contributed by atoms with van der Waals surface area (Å²) in [5, 5.41) is 16.2. The molecule has 31 heavy (non-hydrogen) atoms. The highest BCUT2D eigenvalue weighted by Gasteiger charge is 2.21. The molecule has 5 rings (SSSR count). The summed E-state index contributed by atoms with van der Waals surface area (Å²) < 4.78 is 7.28. The van der Waals surface area contributed by atoms with Gasteiger partial charge in [0.1, 0.15) is 6.26 Å². The lowest BCUT2D eigenvalue weighted by Gasteiger charge is -2.31. The zero-order valence-electron chi connectivity index (χ0n) is 17.3. The Morgan fingerprint density at radius 3 is 2.68 bits per heavy atom. The summed E-state index contributed by atoms with van der Waals surface area (Å²) in [5.41, 5.74) is 2.97. The maximum absolute atomic E-state index is 12.7. The SMILES string of the molecule is CN1CCN(c2nc(C(=O)Nc3cc4cc(-c5cnn(C)c5)ccc4nn3)co2)CC1. The van der Waals surface area contributed by atoms with Gasteiger partial charge in [0.2, 0.25) is 0 Å². The quantitative estimate of drug-likeness (QED) is 0.537. The van der Waals surface area contributed by atoms with Gasteiger partial charge in [-0.3, -0.25) is 9.48 Å². The monoisotopic (exact) mass is 418 g/mol. The van der Waals surface area contributed by atoms with E-state index in [9.17, 15) is 4.79 Å². The number of nitrogens with zero attached hydrogens (tertiary/aromatic N) is 7. The molecule has 1 amide bonds. The molecule has 10 heteroatoms. The van der Waals surface area contributed by atoms with Crippen molar-refractivity contribution in [2.75, 3.05) is 43.4 Å². The van der Waals surface area contributed by atoms with Gasteiger partial charge in [-0.2, -0.15) is 10.1 Å². The molecule has 4 heterocycles. The molecule has 0 saturated carbocycles. The predicted octanol–water partition coefficient (Wildman–Crippen LogP) is 2.02. The number of carbonyl (C=O) groups excluding carboxylic acids is 1. The van der Waals surface area contributed by atoms with Gasteiger partial charge >= 0.3 is 0 Å². The second-order valence-corrected chi connectivity index (χ2v) is 7.67. The molecule has 0 aliphatic carbocycles. The topological polar surface area (TPSA) is 105 Å². The second kappa shape index (κ2) is 7.80. The number of piperazine rings is 1. The van der Waals surface area contributed by atoms with Gasteiger partial charge in [-0.1, -0.05) is 6.07 Å². The number of amides is 1. The molecule has 1 saturated heterocycles. The third-order valence-corrected chi connectivity index (χ3v) is 5.36. The fraction of sp³-hybridized carbons (Fsp3) is 0.286. The molecule has 0 radical (unpaired) electrons. The number of aryl methyl sites for hydroxylation is 1. The van der Waals surface area contributed by atoms with E-state index in [4.69, 9.17) is 4.42 Å². The van der Waals surface area contributed by atoms with Crippen molar-refractivity contribution in [3.8, 4) is 11.1 Å². The molecule has 1 fully saturated rings. The number of benzene rings is 1. The molecular weight excluding hydrogens is 396 g/mol. The lowest BCUT2D eigenvalue weighted by atomic mass is 10.1. The van der Waals surface area contributed by atoms with Crippen molar-refractivity contribution in [1.29, 1.82) is 0 Å². The summed E-state index contributed by atoms with van der Waals surface area (Å²) in [6.45, 7) is 3.48. The van der Waals surface area contributed by atoms with Crippen LogP contribution in [0, 0.1) is 0 Å². The lowest BCUT2D eigenvalue weighted by Crippen LogP contribution is -2.44. The Balaban J connectivity index is 1.33. The van der Waals surface area contributed by atoms with E-state index >= 15 is 0 Å². The molecular formula is C21H22N8O2. The standard InChI is InChI=1S/C21H22N8O2/c1-27-5-7-29(8-6-27)21-23-18(13-31-21)20(30)24-19-10-15-9-14(3-4-17(15)25-26-19)16-11-22-28(2)12-16/h3-4,9-13H,5-8H2,1-2H3,(H,24,26,30). The van der Waals surface area contributed by atoms with Crippen LogP contribution in [0.25, 0.3) is 22.0 Å². The highest BCUT2D eigenvalue weighted by Crippen LogP contribution is 2.24. The Bertz CT molecular complexity index is 1240. The van der Waals surface area contributed by atoms with Crippen molar-refractivity contribution in [2.45, 2.75) is 0 Å². The zero-order valence-corrected chi connectivity index (χ0v) is 17.3. The van der Waals surface area contributed by atoms with Gasteiger partial charge in [0.25, 0.3) is 11.9 Å². The number of likely N-dealkylation sites (N-methyl/N-ethyl adjacent to an activating group) is 1. The normalized spacial score (nSPS) is 14.8. The largest absolute Gasteiger partial charge is 0.431 e. The fourth-order valence-corrected chi connectivity index (χ4v) is 3.55. The van der Waals surface area contributed by atoms with Crippen LogP contribution in [0.5, 0.6) is 0 Å². The van der Waals surface area contributed by atoms with Gasteiger partial charge in [-0.15, -0.1) is 10.2 Å². The molecule has 0 bridgehead atoms. The lowest BCUT2D eigenvalue weighted by molar-refractivity contribution is 0.102. The van der Waals surface area contributed by atoms with E-state index in [2.05, 4.69) is 37.5 Å². The summed E-state index contributed by atoms with van der Waals surface area (Å²) in [4.78, 5) is 21.3. The van der Waals surface area contributed by atoms with Crippen molar-refractivity contribution in [3.63, 3.8) is 0 Å². The zero-order chi connectivity index (χ0) is 21.4. The molecule has 158 valence electrons. The van der Waals surface area contributed by atoms with Crippen molar-refractivity contribution < 1.29 is 9.21 Å². The van der Waals surface area contributed by atoms with Gasteiger partial charge in [0.15, 0.2) is 11.5 Å². The molecule has 0 atom stereocenters. The number of anilines is 2. The van der Waals surface area contributed by atoms with E-state index in [1.165, 1.54) is 6.26 Å². The molecule has 0 spiro atoms. The molecule has 1 aromatic carbocycles. The van der Waals surface area contributed by atoms with Crippen LogP contribution in [-0.2, 0) is 7.05 Å². The summed E-state index contributed by atoms with van der Waals surface area (Å²) in [6, 6.07) is 8.13. The van der Waals surface area contributed by atoms with Crippen LogP contribution < -0.4 is 10.2 Å². The highest BCUT2D eigenvalue weighted by atomic mass is 16.4. The van der Waals surface area contributed by atoms with Crippen molar-refractivity contribution in [2.24, 2.45) is 7.05 Å². The van der Waals surface area contributed by atoms with Crippen LogP contribution in [0.3, 0.4) is 0 Å². The smallest absolute Gasteiger partial charge is 0.298 e. The first-order valence-electron chi connectivity index (χ1n) is 10.0. The van der Waals surface area contributed by atoms with Gasteiger partial charge in [-0.05, 0) is 30.8 Å². The second-order valence-electron chi connectivity index (χ2n) is 7.67. The van der Waals surface area contributed by atoms with E-state index in [1.54, 1.807) is 16.9 Å². The molecule has 1 aliphatic heterocycles. The fourth-order valence-electron chi connectivity index (χ4n) is 3.55. The van der Waals surface area contributed by atoms with Gasteiger partial charge in [0.05, 0.1) is 11.7 Å². The molecule has 1 N–H and O–H groups in total. The molecule has 10 nitrogen and oxygen atoms in total. The Hall–Kier alpha value is -3.79. The average molecular weight is 418 g/mol. The minimum Gasteiger partial charge on any atom is -0.431 e. The molecule has 0 unspecified atom stereocenters.